The fourth-order valence-corrected chi connectivity index (χ4v) is 0.907. The molecule has 60 valence electrons. The molecule has 11 heavy (non-hydrogen) atoms. The molecule has 0 fully saturated rings. The van der Waals surface area contributed by atoms with E-state index in [1.54, 1.807) is 7.11 Å². The molecule has 1 rings (SSSR count). The fraction of sp³-hybridized carbons (Fsp3) is 0.375. The lowest BCUT2D eigenvalue weighted by atomic mass is 10.2. The van der Waals surface area contributed by atoms with E-state index in [2.05, 4.69) is 9.99 Å². The number of aromatic nitrogens is 1. The lowest BCUT2D eigenvalue weighted by Crippen LogP contribution is -1.92. The molecular weight excluding hydrogens is 140 g/mol. The van der Waals surface area contributed by atoms with Gasteiger partial charge in [0.05, 0.1) is 5.71 Å². The van der Waals surface area contributed by atoms with E-state index in [1.165, 1.54) is 0 Å². The van der Waals surface area contributed by atoms with Crippen LogP contribution >= 0.6 is 0 Å². The Hall–Kier alpha value is -1.25. The Labute approximate surface area is 66.3 Å². The molecular formula is C8H12N2O. The zero-order valence-corrected chi connectivity index (χ0v) is 7.03. The third-order valence-electron chi connectivity index (χ3n) is 1.48. The van der Waals surface area contributed by atoms with Crippen LogP contribution in [0.4, 0.5) is 0 Å². The molecule has 1 heterocycles. The monoisotopic (exact) mass is 152 g/mol. The van der Waals surface area contributed by atoms with Crippen molar-refractivity contribution >= 4 is 5.71 Å². The van der Waals surface area contributed by atoms with Crippen molar-refractivity contribution in [3.63, 3.8) is 0 Å². The number of rotatable bonds is 2. The molecule has 0 atom stereocenters. The normalized spacial score (nSPS) is 11.7. The van der Waals surface area contributed by atoms with E-state index in [-0.39, 0.29) is 0 Å². The Morgan fingerprint density at radius 1 is 1.64 bits per heavy atom. The van der Waals surface area contributed by atoms with Crippen LogP contribution in [-0.2, 0) is 11.9 Å². The number of aryl methyl sites for hydroxylation is 1. The van der Waals surface area contributed by atoms with Crippen molar-refractivity contribution in [3.05, 3.63) is 24.0 Å². The fourth-order valence-electron chi connectivity index (χ4n) is 0.907. The minimum absolute atomic E-state index is 0.896. The molecule has 0 radical (unpaired) electrons. The number of hydrogen-bond acceptors (Lipinski definition) is 2. The van der Waals surface area contributed by atoms with Crippen LogP contribution in [0, 0.1) is 0 Å². The van der Waals surface area contributed by atoms with Crippen LogP contribution in [-0.4, -0.2) is 17.4 Å². The first-order valence-corrected chi connectivity index (χ1v) is 3.44. The number of hydrogen-bond donors (Lipinski definition) is 0. The van der Waals surface area contributed by atoms with E-state index in [4.69, 9.17) is 0 Å². The first kappa shape index (κ1) is 7.85. The van der Waals surface area contributed by atoms with Crippen molar-refractivity contribution in [1.29, 1.82) is 0 Å². The highest BCUT2D eigenvalue weighted by Crippen LogP contribution is 2.01. The van der Waals surface area contributed by atoms with Gasteiger partial charge in [-0.05, 0) is 13.0 Å². The second-order valence-electron chi connectivity index (χ2n) is 2.42. The Kier molecular flexibility index (Phi) is 2.31. The third-order valence-corrected chi connectivity index (χ3v) is 1.48. The van der Waals surface area contributed by atoms with Crippen molar-refractivity contribution < 1.29 is 4.84 Å². The molecule has 1 aromatic rings. The molecule has 3 nitrogen and oxygen atoms in total. The predicted molar refractivity (Wildman–Crippen MR) is 44.6 cm³/mol. The molecule has 0 amide bonds. The van der Waals surface area contributed by atoms with E-state index in [1.807, 2.05) is 37.0 Å². The van der Waals surface area contributed by atoms with Gasteiger partial charge in [0.25, 0.3) is 0 Å². The zero-order chi connectivity index (χ0) is 8.27. The van der Waals surface area contributed by atoms with E-state index >= 15 is 0 Å². The molecule has 0 aliphatic heterocycles. The molecule has 0 bridgehead atoms. The van der Waals surface area contributed by atoms with Gasteiger partial charge in [-0.1, -0.05) is 5.16 Å². The van der Waals surface area contributed by atoms with Gasteiger partial charge in [-0.2, -0.15) is 0 Å². The SMILES string of the molecule is CON=C(C)c1ccn(C)c1. The molecule has 0 saturated carbocycles. The number of nitrogens with zero attached hydrogens (tertiary/aromatic N) is 2. The second kappa shape index (κ2) is 3.23. The highest BCUT2D eigenvalue weighted by atomic mass is 16.6. The van der Waals surface area contributed by atoms with Crippen LogP contribution in [0.3, 0.4) is 0 Å². The first-order chi connectivity index (χ1) is 5.24. The van der Waals surface area contributed by atoms with Gasteiger partial charge in [-0.25, -0.2) is 0 Å². The minimum atomic E-state index is 0.896. The van der Waals surface area contributed by atoms with Crippen molar-refractivity contribution in [3.8, 4) is 0 Å². The van der Waals surface area contributed by atoms with Gasteiger partial charge in [-0.3, -0.25) is 0 Å². The topological polar surface area (TPSA) is 26.5 Å². The average Bonchev–Trinajstić information content (AvgIpc) is 2.36. The van der Waals surface area contributed by atoms with Gasteiger partial charge in [0.1, 0.15) is 7.11 Å². The van der Waals surface area contributed by atoms with Crippen LogP contribution in [0.2, 0.25) is 0 Å². The molecule has 0 N–H and O–H groups in total. The summed E-state index contributed by atoms with van der Waals surface area (Å²) in [6.45, 7) is 1.92. The Morgan fingerprint density at radius 3 is 2.82 bits per heavy atom. The van der Waals surface area contributed by atoms with Crippen molar-refractivity contribution in [2.24, 2.45) is 12.2 Å². The van der Waals surface area contributed by atoms with Crippen LogP contribution in [0.15, 0.2) is 23.6 Å². The first-order valence-electron chi connectivity index (χ1n) is 3.44. The third kappa shape index (κ3) is 1.83. The van der Waals surface area contributed by atoms with E-state index < -0.39 is 0 Å². The maximum absolute atomic E-state index is 4.65. The quantitative estimate of drug-likeness (QED) is 0.464. The molecule has 1 aromatic heterocycles. The summed E-state index contributed by atoms with van der Waals surface area (Å²) in [4.78, 5) is 4.65. The van der Waals surface area contributed by atoms with Crippen LogP contribution in [0.1, 0.15) is 12.5 Å². The summed E-state index contributed by atoms with van der Waals surface area (Å²) in [7, 11) is 3.52. The van der Waals surface area contributed by atoms with Gasteiger partial charge in [0.15, 0.2) is 0 Å². The molecule has 0 saturated heterocycles. The molecule has 0 unspecified atom stereocenters. The summed E-state index contributed by atoms with van der Waals surface area (Å²) < 4.78 is 1.98. The second-order valence-corrected chi connectivity index (χ2v) is 2.42. The lowest BCUT2D eigenvalue weighted by molar-refractivity contribution is 0.213. The predicted octanol–water partition coefficient (Wildman–Crippen LogP) is 1.40. The van der Waals surface area contributed by atoms with Crippen LogP contribution < -0.4 is 0 Å². The van der Waals surface area contributed by atoms with Gasteiger partial charge >= 0.3 is 0 Å². The van der Waals surface area contributed by atoms with Crippen molar-refractivity contribution in [2.75, 3.05) is 7.11 Å². The summed E-state index contributed by atoms with van der Waals surface area (Å²) >= 11 is 0. The molecule has 0 aliphatic rings. The van der Waals surface area contributed by atoms with Crippen LogP contribution in [0.5, 0.6) is 0 Å². The summed E-state index contributed by atoms with van der Waals surface area (Å²) in [5.41, 5.74) is 1.99. The van der Waals surface area contributed by atoms with Gasteiger partial charge in [0, 0.05) is 25.0 Å². The summed E-state index contributed by atoms with van der Waals surface area (Å²) in [6.07, 6.45) is 3.97. The summed E-state index contributed by atoms with van der Waals surface area (Å²) in [5.74, 6) is 0. The number of oxime groups is 1. The highest BCUT2D eigenvalue weighted by molar-refractivity contribution is 5.98. The average molecular weight is 152 g/mol. The Balaban J connectivity index is 2.84. The largest absolute Gasteiger partial charge is 0.399 e. The summed E-state index contributed by atoms with van der Waals surface area (Å²) in [5, 5.41) is 3.81. The van der Waals surface area contributed by atoms with Crippen LogP contribution in [0.25, 0.3) is 0 Å². The minimum Gasteiger partial charge on any atom is -0.399 e. The van der Waals surface area contributed by atoms with Gasteiger partial charge < -0.3 is 9.40 Å². The molecule has 0 aromatic carbocycles. The van der Waals surface area contributed by atoms with E-state index in [0.29, 0.717) is 0 Å². The summed E-state index contributed by atoms with van der Waals surface area (Å²) in [6, 6.07) is 2.00. The Morgan fingerprint density at radius 2 is 2.36 bits per heavy atom. The van der Waals surface area contributed by atoms with Gasteiger partial charge in [0.2, 0.25) is 0 Å². The van der Waals surface area contributed by atoms with E-state index in [0.717, 1.165) is 11.3 Å². The molecule has 0 aliphatic carbocycles. The lowest BCUT2D eigenvalue weighted by Gasteiger charge is -1.93. The highest BCUT2D eigenvalue weighted by Gasteiger charge is 1.97. The molecule has 0 spiro atoms. The standard InChI is InChI=1S/C8H12N2O/c1-7(9-11-3)8-4-5-10(2)6-8/h4-6H,1-3H3. The maximum Gasteiger partial charge on any atom is 0.106 e. The molecule has 3 heteroatoms. The Bertz CT molecular complexity index is 263. The van der Waals surface area contributed by atoms with Crippen molar-refractivity contribution in [1.82, 2.24) is 4.57 Å². The maximum atomic E-state index is 4.65. The van der Waals surface area contributed by atoms with E-state index in [9.17, 15) is 0 Å². The smallest absolute Gasteiger partial charge is 0.106 e. The van der Waals surface area contributed by atoms with Gasteiger partial charge in [-0.15, -0.1) is 0 Å². The van der Waals surface area contributed by atoms with Crippen molar-refractivity contribution in [2.45, 2.75) is 6.92 Å². The zero-order valence-electron chi connectivity index (χ0n) is 7.03.